The van der Waals surface area contributed by atoms with Crippen molar-refractivity contribution in [3.05, 3.63) is 17.7 Å². The lowest BCUT2D eigenvalue weighted by molar-refractivity contribution is 0.799. The quantitative estimate of drug-likeness (QED) is 0.788. The monoisotopic (exact) mass is 190 g/mol. The predicted molar refractivity (Wildman–Crippen MR) is 55.2 cm³/mol. The van der Waals surface area contributed by atoms with Crippen molar-refractivity contribution in [3.63, 3.8) is 0 Å². The number of nitrogens with zero attached hydrogens (tertiary/aromatic N) is 3. The molecule has 2 heterocycles. The molecule has 14 heavy (non-hydrogen) atoms. The number of aromatic amines is 1. The van der Waals surface area contributed by atoms with Gasteiger partial charge in [0, 0.05) is 6.42 Å². The van der Waals surface area contributed by atoms with Gasteiger partial charge >= 0.3 is 0 Å². The number of hydrogen-bond donors (Lipinski definition) is 1. The Morgan fingerprint density at radius 3 is 2.79 bits per heavy atom. The van der Waals surface area contributed by atoms with Crippen LogP contribution >= 0.6 is 0 Å². The van der Waals surface area contributed by atoms with E-state index in [2.05, 4.69) is 40.9 Å². The van der Waals surface area contributed by atoms with Crippen LogP contribution in [0.3, 0.4) is 0 Å². The summed E-state index contributed by atoms with van der Waals surface area (Å²) >= 11 is 0. The van der Waals surface area contributed by atoms with E-state index in [9.17, 15) is 0 Å². The normalized spacial score (nSPS) is 11.4. The molecule has 0 unspecified atom stereocenters. The maximum atomic E-state index is 4.51. The van der Waals surface area contributed by atoms with Crippen LogP contribution in [0.2, 0.25) is 0 Å². The molecule has 2 aromatic heterocycles. The number of nitrogens with one attached hydrogen (secondary N) is 1. The van der Waals surface area contributed by atoms with Gasteiger partial charge in [-0.3, -0.25) is 5.10 Å². The van der Waals surface area contributed by atoms with Crippen LogP contribution in [-0.4, -0.2) is 20.2 Å². The van der Waals surface area contributed by atoms with Crippen LogP contribution in [0.15, 0.2) is 6.20 Å². The Kier molecular flexibility index (Phi) is 2.19. The number of aromatic nitrogens is 4. The predicted octanol–water partition coefficient (Wildman–Crippen LogP) is 2.04. The van der Waals surface area contributed by atoms with Crippen molar-refractivity contribution in [1.82, 2.24) is 20.2 Å². The highest BCUT2D eigenvalue weighted by atomic mass is 15.1. The van der Waals surface area contributed by atoms with E-state index >= 15 is 0 Å². The molecule has 4 nitrogen and oxygen atoms in total. The Bertz CT molecular complexity index is 444. The van der Waals surface area contributed by atoms with Crippen molar-refractivity contribution in [3.8, 4) is 0 Å². The van der Waals surface area contributed by atoms with Gasteiger partial charge in [-0.1, -0.05) is 20.8 Å². The molecular formula is C10H14N4. The van der Waals surface area contributed by atoms with Crippen LogP contribution in [0.25, 0.3) is 11.0 Å². The van der Waals surface area contributed by atoms with Crippen LogP contribution in [0.1, 0.15) is 38.2 Å². The average Bonchev–Trinajstić information content (AvgIpc) is 2.63. The third-order valence-electron chi connectivity index (χ3n) is 2.24. The van der Waals surface area contributed by atoms with E-state index in [-0.39, 0.29) is 0 Å². The van der Waals surface area contributed by atoms with Crippen molar-refractivity contribution in [2.75, 3.05) is 0 Å². The lowest BCUT2D eigenvalue weighted by Crippen LogP contribution is -2.01. The first-order chi connectivity index (χ1) is 6.72. The van der Waals surface area contributed by atoms with E-state index in [1.165, 1.54) is 0 Å². The average molecular weight is 190 g/mol. The van der Waals surface area contributed by atoms with Crippen LogP contribution in [-0.2, 0) is 6.42 Å². The first-order valence-electron chi connectivity index (χ1n) is 4.92. The molecule has 0 saturated heterocycles. The second-order valence-electron chi connectivity index (χ2n) is 3.66. The summed E-state index contributed by atoms with van der Waals surface area (Å²) in [6, 6.07) is 0. The van der Waals surface area contributed by atoms with Gasteiger partial charge in [0.25, 0.3) is 0 Å². The zero-order chi connectivity index (χ0) is 10.1. The summed E-state index contributed by atoms with van der Waals surface area (Å²) in [5, 5.41) is 6.94. The number of H-pyrrole nitrogens is 1. The van der Waals surface area contributed by atoms with E-state index in [1.807, 2.05) is 0 Å². The SMILES string of the molecule is CCc1nc(C(C)C)c2[nH]ncc2n1. The molecule has 0 aromatic carbocycles. The van der Waals surface area contributed by atoms with Gasteiger partial charge in [-0.2, -0.15) is 5.10 Å². The first-order valence-corrected chi connectivity index (χ1v) is 4.92. The number of rotatable bonds is 2. The molecule has 74 valence electrons. The summed E-state index contributed by atoms with van der Waals surface area (Å²) in [5.74, 6) is 1.29. The van der Waals surface area contributed by atoms with Crippen molar-refractivity contribution in [2.24, 2.45) is 0 Å². The van der Waals surface area contributed by atoms with E-state index in [0.717, 1.165) is 29.0 Å². The molecule has 0 fully saturated rings. The Labute approximate surface area is 82.8 Å². The second-order valence-corrected chi connectivity index (χ2v) is 3.66. The molecule has 0 aliphatic heterocycles. The number of aryl methyl sites for hydroxylation is 1. The van der Waals surface area contributed by atoms with Gasteiger partial charge in [0.2, 0.25) is 0 Å². The molecule has 0 aliphatic rings. The Hall–Kier alpha value is -1.45. The van der Waals surface area contributed by atoms with Crippen molar-refractivity contribution >= 4 is 11.0 Å². The minimum atomic E-state index is 0.395. The van der Waals surface area contributed by atoms with Gasteiger partial charge in [-0.05, 0) is 5.92 Å². The molecule has 2 aromatic rings. The Morgan fingerprint density at radius 1 is 1.36 bits per heavy atom. The lowest BCUT2D eigenvalue weighted by atomic mass is 10.1. The summed E-state index contributed by atoms with van der Waals surface area (Å²) in [6.07, 6.45) is 2.61. The van der Waals surface area contributed by atoms with E-state index < -0.39 is 0 Å². The van der Waals surface area contributed by atoms with Gasteiger partial charge in [0.05, 0.1) is 11.9 Å². The second kappa shape index (κ2) is 3.36. The lowest BCUT2D eigenvalue weighted by Gasteiger charge is -2.06. The zero-order valence-corrected chi connectivity index (χ0v) is 8.70. The zero-order valence-electron chi connectivity index (χ0n) is 8.70. The number of fused-ring (bicyclic) bond motifs is 1. The van der Waals surface area contributed by atoms with Gasteiger partial charge < -0.3 is 0 Å². The highest BCUT2D eigenvalue weighted by molar-refractivity contribution is 5.76. The maximum absolute atomic E-state index is 4.51. The molecule has 0 spiro atoms. The summed E-state index contributed by atoms with van der Waals surface area (Å²) in [5.41, 5.74) is 2.95. The first kappa shape index (κ1) is 9.12. The molecule has 0 amide bonds. The van der Waals surface area contributed by atoms with Gasteiger partial charge in [0.1, 0.15) is 16.9 Å². The molecule has 0 saturated carbocycles. The number of hydrogen-bond acceptors (Lipinski definition) is 3. The third kappa shape index (κ3) is 1.36. The van der Waals surface area contributed by atoms with Crippen LogP contribution in [0, 0.1) is 0 Å². The van der Waals surface area contributed by atoms with E-state index in [4.69, 9.17) is 0 Å². The Morgan fingerprint density at radius 2 is 2.14 bits per heavy atom. The third-order valence-corrected chi connectivity index (χ3v) is 2.24. The van der Waals surface area contributed by atoms with Crippen LogP contribution in [0.5, 0.6) is 0 Å². The summed E-state index contributed by atoms with van der Waals surface area (Å²) < 4.78 is 0. The molecule has 0 aliphatic carbocycles. The standard InChI is InChI=1S/C10H14N4/c1-4-8-12-7-5-11-14-10(7)9(13-8)6(2)3/h5-6H,4H2,1-3H3,(H,11,14). The summed E-state index contributed by atoms with van der Waals surface area (Å²) in [6.45, 7) is 6.31. The fraction of sp³-hybridized carbons (Fsp3) is 0.500. The highest BCUT2D eigenvalue weighted by Gasteiger charge is 2.11. The largest absolute Gasteiger partial charge is 0.274 e. The molecule has 0 bridgehead atoms. The molecule has 1 N–H and O–H groups in total. The molecule has 0 atom stereocenters. The smallest absolute Gasteiger partial charge is 0.129 e. The van der Waals surface area contributed by atoms with Gasteiger partial charge in [0.15, 0.2) is 0 Å². The fourth-order valence-electron chi connectivity index (χ4n) is 1.49. The van der Waals surface area contributed by atoms with Crippen molar-refractivity contribution in [2.45, 2.75) is 33.1 Å². The van der Waals surface area contributed by atoms with E-state index in [1.54, 1.807) is 6.20 Å². The van der Waals surface area contributed by atoms with Crippen LogP contribution in [0.4, 0.5) is 0 Å². The minimum Gasteiger partial charge on any atom is -0.274 e. The molecule has 2 rings (SSSR count). The fourth-order valence-corrected chi connectivity index (χ4v) is 1.49. The highest BCUT2D eigenvalue weighted by Crippen LogP contribution is 2.20. The topological polar surface area (TPSA) is 54.5 Å². The molecule has 0 radical (unpaired) electrons. The van der Waals surface area contributed by atoms with Crippen molar-refractivity contribution < 1.29 is 0 Å². The molecule has 4 heteroatoms. The van der Waals surface area contributed by atoms with Gasteiger partial charge in [-0.25, -0.2) is 9.97 Å². The van der Waals surface area contributed by atoms with E-state index in [0.29, 0.717) is 5.92 Å². The maximum Gasteiger partial charge on any atom is 0.129 e. The summed E-state index contributed by atoms with van der Waals surface area (Å²) in [7, 11) is 0. The van der Waals surface area contributed by atoms with Gasteiger partial charge in [-0.15, -0.1) is 0 Å². The van der Waals surface area contributed by atoms with Crippen LogP contribution < -0.4 is 0 Å². The van der Waals surface area contributed by atoms with Crippen molar-refractivity contribution in [1.29, 1.82) is 0 Å². The minimum absolute atomic E-state index is 0.395. The Balaban J connectivity index is 2.70. The molecular weight excluding hydrogens is 176 g/mol. The summed E-state index contributed by atoms with van der Waals surface area (Å²) in [4.78, 5) is 8.90.